The highest BCUT2D eigenvalue weighted by Crippen LogP contribution is 2.56. The van der Waals surface area contributed by atoms with Gasteiger partial charge in [-0.05, 0) is 106 Å². The van der Waals surface area contributed by atoms with Crippen molar-refractivity contribution in [3.8, 4) is 22.7 Å². The number of likely N-dealkylation sites (N-methyl/N-ethyl adjacent to an activating group) is 1. The molecule has 3 atom stereocenters. The second-order valence-electron chi connectivity index (χ2n) is 12.8. The third-order valence-corrected chi connectivity index (χ3v) is 11.0. The SMILES string of the molecule is COc1ccc2c(c1)[C@]13CCCC[C@@H]1[C@H](C2)N(C)CC3.Cc1ccc(-c2cc(C(F)(F)F)nn2-c2ccc(S(N)(=O)=O)cc2)cc1. The van der Waals surface area contributed by atoms with Crippen LogP contribution in [0, 0.1) is 12.8 Å². The molecular formula is C35H39F3N4O3S. The first kappa shape index (κ1) is 32.3. The Labute approximate surface area is 268 Å². The number of nitrogens with zero attached hydrogens (tertiary/aromatic N) is 3. The lowest BCUT2D eigenvalue weighted by Gasteiger charge is -2.58. The fraction of sp³-hybridized carbons (Fsp3) is 0.400. The first-order valence-corrected chi connectivity index (χ1v) is 17.1. The van der Waals surface area contributed by atoms with Crippen LogP contribution in [-0.4, -0.2) is 49.8 Å². The third kappa shape index (κ3) is 6.08. The van der Waals surface area contributed by atoms with Gasteiger partial charge in [-0.2, -0.15) is 18.3 Å². The molecule has 0 unspecified atom stereocenters. The Morgan fingerprint density at radius 3 is 2.35 bits per heavy atom. The van der Waals surface area contributed by atoms with Crippen molar-refractivity contribution in [2.45, 2.75) is 68.0 Å². The molecule has 11 heteroatoms. The zero-order chi connectivity index (χ0) is 32.9. The van der Waals surface area contributed by atoms with Crippen LogP contribution in [0.3, 0.4) is 0 Å². The van der Waals surface area contributed by atoms with Gasteiger partial charge in [0.1, 0.15) is 5.75 Å². The summed E-state index contributed by atoms with van der Waals surface area (Å²) in [5.41, 5.74) is 4.67. The highest BCUT2D eigenvalue weighted by Gasteiger charge is 2.53. The van der Waals surface area contributed by atoms with Crippen LogP contribution in [0.25, 0.3) is 16.9 Å². The van der Waals surface area contributed by atoms with Gasteiger partial charge in [0.05, 0.1) is 23.4 Å². The number of methoxy groups -OCH3 is 1. The number of aromatic nitrogens is 2. The van der Waals surface area contributed by atoms with E-state index in [2.05, 4.69) is 35.2 Å². The molecule has 7 nitrogen and oxygen atoms in total. The Hall–Kier alpha value is -3.67. The van der Waals surface area contributed by atoms with Gasteiger partial charge in [0.25, 0.3) is 0 Å². The molecule has 0 spiro atoms. The molecule has 7 rings (SSSR count). The van der Waals surface area contributed by atoms with E-state index in [4.69, 9.17) is 9.88 Å². The van der Waals surface area contributed by atoms with E-state index in [9.17, 15) is 21.6 Å². The minimum Gasteiger partial charge on any atom is -0.497 e. The largest absolute Gasteiger partial charge is 0.497 e. The summed E-state index contributed by atoms with van der Waals surface area (Å²) >= 11 is 0. The number of halogens is 3. The van der Waals surface area contributed by atoms with Gasteiger partial charge in [0.2, 0.25) is 10.0 Å². The molecule has 2 heterocycles. The van der Waals surface area contributed by atoms with Gasteiger partial charge >= 0.3 is 6.18 Å². The molecule has 1 aromatic heterocycles. The maximum Gasteiger partial charge on any atom is 0.435 e. The van der Waals surface area contributed by atoms with Crippen molar-refractivity contribution in [2.75, 3.05) is 20.7 Å². The lowest BCUT2D eigenvalue weighted by molar-refractivity contribution is -0.141. The molecule has 0 amide bonds. The van der Waals surface area contributed by atoms with Crippen molar-refractivity contribution in [3.05, 3.63) is 95.2 Å². The fourth-order valence-electron chi connectivity index (χ4n) is 7.73. The molecule has 1 saturated carbocycles. The fourth-order valence-corrected chi connectivity index (χ4v) is 8.24. The normalized spacial score (nSPS) is 22.7. The van der Waals surface area contributed by atoms with Gasteiger partial charge in [0.15, 0.2) is 5.69 Å². The molecule has 2 fully saturated rings. The maximum atomic E-state index is 13.1. The van der Waals surface area contributed by atoms with Crippen LogP contribution in [0.4, 0.5) is 13.2 Å². The van der Waals surface area contributed by atoms with Gasteiger partial charge in [0, 0.05) is 17.0 Å². The summed E-state index contributed by atoms with van der Waals surface area (Å²) in [6, 6.07) is 20.7. The molecule has 2 aliphatic carbocycles. The van der Waals surface area contributed by atoms with Gasteiger partial charge in [-0.25, -0.2) is 18.2 Å². The van der Waals surface area contributed by atoms with E-state index in [1.807, 2.05) is 6.92 Å². The zero-order valence-electron chi connectivity index (χ0n) is 26.2. The molecule has 1 aliphatic heterocycles. The number of hydrogen-bond acceptors (Lipinski definition) is 5. The van der Waals surface area contributed by atoms with Crippen LogP contribution >= 0.6 is 0 Å². The highest BCUT2D eigenvalue weighted by atomic mass is 32.2. The molecule has 46 heavy (non-hydrogen) atoms. The van der Waals surface area contributed by atoms with E-state index in [-0.39, 0.29) is 16.3 Å². The van der Waals surface area contributed by atoms with Crippen LogP contribution in [0.1, 0.15) is 54.5 Å². The summed E-state index contributed by atoms with van der Waals surface area (Å²) < 4.78 is 68.7. The monoisotopic (exact) mass is 652 g/mol. The molecule has 4 aromatic rings. The number of rotatable bonds is 4. The van der Waals surface area contributed by atoms with Crippen molar-refractivity contribution in [2.24, 2.45) is 11.1 Å². The van der Waals surface area contributed by atoms with Gasteiger partial charge < -0.3 is 9.64 Å². The number of primary sulfonamides is 1. The molecule has 3 aliphatic rings. The second-order valence-corrected chi connectivity index (χ2v) is 14.3. The number of nitrogens with two attached hydrogens (primary N) is 1. The van der Waals surface area contributed by atoms with Crippen LogP contribution in [0.15, 0.2) is 77.7 Å². The van der Waals surface area contributed by atoms with Gasteiger partial charge in [-0.15, -0.1) is 0 Å². The number of aryl methyl sites for hydroxylation is 1. The number of hydrogen-bond donors (Lipinski definition) is 1. The summed E-state index contributed by atoms with van der Waals surface area (Å²) in [5, 5.41) is 8.70. The number of ether oxygens (including phenoxy) is 1. The van der Waals surface area contributed by atoms with Crippen LogP contribution in [-0.2, 0) is 28.0 Å². The summed E-state index contributed by atoms with van der Waals surface area (Å²) in [5.74, 6) is 1.91. The van der Waals surface area contributed by atoms with E-state index < -0.39 is 21.9 Å². The van der Waals surface area contributed by atoms with E-state index in [0.717, 1.165) is 34.0 Å². The summed E-state index contributed by atoms with van der Waals surface area (Å²) in [7, 11) is 0.224. The highest BCUT2D eigenvalue weighted by molar-refractivity contribution is 7.89. The number of alkyl halides is 3. The van der Waals surface area contributed by atoms with Crippen molar-refractivity contribution in [1.29, 1.82) is 0 Å². The molecule has 3 aromatic carbocycles. The number of benzene rings is 3. The predicted octanol–water partition coefficient (Wildman–Crippen LogP) is 6.90. The van der Waals surface area contributed by atoms with E-state index in [0.29, 0.717) is 11.0 Å². The molecule has 2 N–H and O–H groups in total. The maximum absolute atomic E-state index is 13.1. The average molecular weight is 653 g/mol. The van der Waals surface area contributed by atoms with E-state index in [1.54, 1.807) is 42.5 Å². The van der Waals surface area contributed by atoms with Crippen molar-refractivity contribution in [1.82, 2.24) is 14.7 Å². The summed E-state index contributed by atoms with van der Waals surface area (Å²) in [6.45, 7) is 3.13. The average Bonchev–Trinajstić information content (AvgIpc) is 3.49. The molecule has 244 valence electrons. The van der Waals surface area contributed by atoms with Gasteiger partial charge in [-0.3, -0.25) is 0 Å². The van der Waals surface area contributed by atoms with E-state index >= 15 is 0 Å². The molecular weight excluding hydrogens is 613 g/mol. The van der Waals surface area contributed by atoms with Crippen molar-refractivity contribution in [3.63, 3.8) is 0 Å². The topological polar surface area (TPSA) is 90.4 Å². The Bertz CT molecular complexity index is 1820. The van der Waals surface area contributed by atoms with Crippen molar-refractivity contribution >= 4 is 10.0 Å². The first-order valence-electron chi connectivity index (χ1n) is 15.6. The number of fused-ring (bicyclic) bond motifs is 1. The Morgan fingerprint density at radius 1 is 0.978 bits per heavy atom. The second kappa shape index (κ2) is 12.2. The number of piperidine rings is 1. The molecule has 0 radical (unpaired) electrons. The Morgan fingerprint density at radius 2 is 1.70 bits per heavy atom. The lowest BCUT2D eigenvalue weighted by atomic mass is 9.52. The van der Waals surface area contributed by atoms with E-state index in [1.165, 1.54) is 69.3 Å². The van der Waals surface area contributed by atoms with Crippen molar-refractivity contribution < 1.29 is 26.3 Å². The summed E-state index contributed by atoms with van der Waals surface area (Å²) in [4.78, 5) is 2.49. The Kier molecular flexibility index (Phi) is 8.54. The minimum absolute atomic E-state index is 0.138. The van der Waals surface area contributed by atoms with Gasteiger partial charge in [-0.1, -0.05) is 48.7 Å². The smallest absolute Gasteiger partial charge is 0.435 e. The van der Waals surface area contributed by atoms with Crippen LogP contribution < -0.4 is 9.88 Å². The number of sulfonamides is 1. The standard InChI is InChI=1S/C18H25NO.C17H14F3N3O2S/c1-19-10-9-18-8-4-3-5-15(18)17(19)11-13-6-7-14(20-2)12-16(13)18;1-11-2-4-12(5-3-11)15-10-16(17(18,19)20)22-23(15)13-6-8-14(9-7-13)26(21,24)25/h6-7,12,15,17H,3-5,8-11H2,1-2H3;2-10H,1H3,(H2,21,24,25)/t15-,17+,18+;/m1./s1. The molecule has 2 bridgehead atoms. The predicted molar refractivity (Wildman–Crippen MR) is 171 cm³/mol. The zero-order valence-corrected chi connectivity index (χ0v) is 27.0. The Balaban J connectivity index is 0.000000166. The number of likely N-dealkylation sites (tertiary alicyclic amines) is 1. The lowest BCUT2D eigenvalue weighted by Crippen LogP contribution is -2.59. The first-order chi connectivity index (χ1) is 21.8. The van der Waals surface area contributed by atoms with Crippen LogP contribution in [0.2, 0.25) is 0 Å². The van der Waals surface area contributed by atoms with Crippen LogP contribution in [0.5, 0.6) is 5.75 Å². The third-order valence-electron chi connectivity index (χ3n) is 10.1. The molecule has 1 saturated heterocycles. The summed E-state index contributed by atoms with van der Waals surface area (Å²) in [6.07, 6.45) is 3.62. The quantitative estimate of drug-likeness (QED) is 0.259. The minimum atomic E-state index is -4.61.